The molecule has 1 atom stereocenters. The van der Waals surface area contributed by atoms with Crippen molar-refractivity contribution in [3.8, 4) is 0 Å². The molecule has 1 rings (SSSR count). The minimum Gasteiger partial charge on any atom is -0.380 e. The van der Waals surface area contributed by atoms with Crippen molar-refractivity contribution in [3.63, 3.8) is 0 Å². The highest BCUT2D eigenvalue weighted by Crippen LogP contribution is 2.23. The molecule has 1 N–H and O–H groups in total. The van der Waals surface area contributed by atoms with E-state index in [9.17, 15) is 0 Å². The smallest absolute Gasteiger partial charge is 0.0779 e. The monoisotopic (exact) mass is 215 g/mol. The van der Waals surface area contributed by atoms with Crippen molar-refractivity contribution >= 4 is 0 Å². The first-order valence-electron chi connectivity index (χ1n) is 6.05. The molecule has 0 aromatic rings. The van der Waals surface area contributed by atoms with E-state index >= 15 is 0 Å². The third kappa shape index (κ3) is 5.50. The average molecular weight is 215 g/mol. The largest absolute Gasteiger partial charge is 0.380 e. The van der Waals surface area contributed by atoms with Gasteiger partial charge < -0.3 is 14.8 Å². The summed E-state index contributed by atoms with van der Waals surface area (Å²) in [6.45, 7) is 11.0. The van der Waals surface area contributed by atoms with Crippen molar-refractivity contribution in [2.45, 2.75) is 39.2 Å². The highest BCUT2D eigenvalue weighted by Gasteiger charge is 2.28. The molecule has 3 heteroatoms. The van der Waals surface area contributed by atoms with Gasteiger partial charge in [-0.3, -0.25) is 0 Å². The topological polar surface area (TPSA) is 30.5 Å². The first-order valence-corrected chi connectivity index (χ1v) is 6.05. The summed E-state index contributed by atoms with van der Waals surface area (Å²) < 4.78 is 11.2. The van der Waals surface area contributed by atoms with E-state index in [4.69, 9.17) is 9.47 Å². The zero-order valence-electron chi connectivity index (χ0n) is 10.3. The molecule has 0 aromatic carbocycles. The predicted octanol–water partition coefficient (Wildman–Crippen LogP) is 1.82. The highest BCUT2D eigenvalue weighted by molar-refractivity contribution is 4.82. The summed E-state index contributed by atoms with van der Waals surface area (Å²) in [5, 5.41) is 3.39. The Kier molecular flexibility index (Phi) is 5.58. The van der Waals surface area contributed by atoms with Gasteiger partial charge in [0.05, 0.1) is 12.2 Å². The number of hydrogen-bond donors (Lipinski definition) is 1. The van der Waals surface area contributed by atoms with Gasteiger partial charge >= 0.3 is 0 Å². The Morgan fingerprint density at radius 3 is 2.87 bits per heavy atom. The SMILES string of the molecule is CC(C)COCCNCC1(C)CCCO1. The van der Waals surface area contributed by atoms with Gasteiger partial charge in [0.1, 0.15) is 0 Å². The standard InChI is InChI=1S/C12H25NO2/c1-11(2)9-14-8-6-13-10-12(3)5-4-7-15-12/h11,13H,4-10H2,1-3H3. The van der Waals surface area contributed by atoms with Gasteiger partial charge in [-0.2, -0.15) is 0 Å². The molecule has 1 unspecified atom stereocenters. The van der Waals surface area contributed by atoms with Crippen LogP contribution in [0.15, 0.2) is 0 Å². The third-order valence-corrected chi connectivity index (χ3v) is 2.67. The van der Waals surface area contributed by atoms with E-state index in [1.54, 1.807) is 0 Å². The Morgan fingerprint density at radius 2 is 2.27 bits per heavy atom. The molecule has 1 heterocycles. The summed E-state index contributed by atoms with van der Waals surface area (Å²) >= 11 is 0. The van der Waals surface area contributed by atoms with Crippen molar-refractivity contribution in [2.24, 2.45) is 5.92 Å². The van der Waals surface area contributed by atoms with Crippen molar-refractivity contribution < 1.29 is 9.47 Å². The van der Waals surface area contributed by atoms with Gasteiger partial charge in [0.15, 0.2) is 0 Å². The summed E-state index contributed by atoms with van der Waals surface area (Å²) in [6.07, 6.45) is 2.37. The van der Waals surface area contributed by atoms with Crippen LogP contribution in [0.5, 0.6) is 0 Å². The second-order valence-corrected chi connectivity index (χ2v) is 5.05. The predicted molar refractivity (Wildman–Crippen MR) is 62.1 cm³/mol. The number of hydrogen-bond acceptors (Lipinski definition) is 3. The molecule has 0 spiro atoms. The van der Waals surface area contributed by atoms with Crippen LogP contribution in [0.2, 0.25) is 0 Å². The molecule has 3 nitrogen and oxygen atoms in total. The molecule has 1 aliphatic heterocycles. The minimum absolute atomic E-state index is 0.0675. The van der Waals surface area contributed by atoms with E-state index in [0.29, 0.717) is 5.92 Å². The van der Waals surface area contributed by atoms with E-state index < -0.39 is 0 Å². The molecule has 0 saturated carbocycles. The molecule has 1 saturated heterocycles. The van der Waals surface area contributed by atoms with Gasteiger partial charge in [-0.25, -0.2) is 0 Å². The quantitative estimate of drug-likeness (QED) is 0.657. The molecule has 0 bridgehead atoms. The van der Waals surface area contributed by atoms with E-state index in [0.717, 1.165) is 32.9 Å². The van der Waals surface area contributed by atoms with E-state index in [-0.39, 0.29) is 5.60 Å². The van der Waals surface area contributed by atoms with Gasteiger partial charge in [-0.05, 0) is 25.7 Å². The van der Waals surface area contributed by atoms with Crippen molar-refractivity contribution in [3.05, 3.63) is 0 Å². The molecule has 0 aliphatic carbocycles. The van der Waals surface area contributed by atoms with Crippen LogP contribution >= 0.6 is 0 Å². The Hall–Kier alpha value is -0.120. The maximum absolute atomic E-state index is 5.68. The third-order valence-electron chi connectivity index (χ3n) is 2.67. The maximum atomic E-state index is 5.68. The second-order valence-electron chi connectivity index (χ2n) is 5.05. The van der Waals surface area contributed by atoms with Gasteiger partial charge in [-0.15, -0.1) is 0 Å². The number of ether oxygens (including phenoxy) is 2. The summed E-state index contributed by atoms with van der Waals surface area (Å²) in [7, 11) is 0. The highest BCUT2D eigenvalue weighted by atomic mass is 16.5. The first-order chi connectivity index (χ1) is 7.12. The molecular formula is C12H25NO2. The summed E-state index contributed by atoms with van der Waals surface area (Å²) in [5.41, 5.74) is 0.0675. The number of rotatable bonds is 7. The molecule has 90 valence electrons. The molecule has 0 aromatic heterocycles. The van der Waals surface area contributed by atoms with E-state index in [2.05, 4.69) is 26.1 Å². The Labute approximate surface area is 93.5 Å². The van der Waals surface area contributed by atoms with Gasteiger partial charge in [0.2, 0.25) is 0 Å². The van der Waals surface area contributed by atoms with Crippen LogP contribution in [-0.2, 0) is 9.47 Å². The fourth-order valence-corrected chi connectivity index (χ4v) is 1.79. The molecule has 1 aliphatic rings. The van der Waals surface area contributed by atoms with Crippen LogP contribution in [0.25, 0.3) is 0 Å². The molecule has 1 fully saturated rings. The van der Waals surface area contributed by atoms with Crippen LogP contribution in [0.3, 0.4) is 0 Å². The normalized spacial score (nSPS) is 26.4. The van der Waals surface area contributed by atoms with Crippen LogP contribution < -0.4 is 5.32 Å². The molecule has 15 heavy (non-hydrogen) atoms. The molecule has 0 amide bonds. The van der Waals surface area contributed by atoms with Crippen molar-refractivity contribution in [1.82, 2.24) is 5.32 Å². The fourth-order valence-electron chi connectivity index (χ4n) is 1.79. The Bertz CT molecular complexity index is 165. The van der Waals surface area contributed by atoms with Crippen LogP contribution in [0, 0.1) is 5.92 Å². The summed E-state index contributed by atoms with van der Waals surface area (Å²) in [5.74, 6) is 0.626. The Balaban J connectivity index is 1.92. The van der Waals surface area contributed by atoms with Crippen LogP contribution in [0.4, 0.5) is 0 Å². The molecule has 0 radical (unpaired) electrons. The lowest BCUT2D eigenvalue weighted by Gasteiger charge is -2.23. The summed E-state index contributed by atoms with van der Waals surface area (Å²) in [4.78, 5) is 0. The zero-order valence-corrected chi connectivity index (χ0v) is 10.3. The van der Waals surface area contributed by atoms with E-state index in [1.807, 2.05) is 0 Å². The first kappa shape index (κ1) is 12.9. The fraction of sp³-hybridized carbons (Fsp3) is 1.00. The lowest BCUT2D eigenvalue weighted by atomic mass is 10.0. The van der Waals surface area contributed by atoms with Crippen LogP contribution in [-0.4, -0.2) is 38.5 Å². The lowest BCUT2D eigenvalue weighted by molar-refractivity contribution is 0.0188. The van der Waals surface area contributed by atoms with Crippen molar-refractivity contribution in [2.75, 3.05) is 32.9 Å². The number of nitrogens with one attached hydrogen (secondary N) is 1. The minimum atomic E-state index is 0.0675. The summed E-state index contributed by atoms with van der Waals surface area (Å²) in [6, 6.07) is 0. The van der Waals surface area contributed by atoms with Gasteiger partial charge in [-0.1, -0.05) is 13.8 Å². The van der Waals surface area contributed by atoms with Crippen molar-refractivity contribution in [1.29, 1.82) is 0 Å². The maximum Gasteiger partial charge on any atom is 0.0779 e. The second kappa shape index (κ2) is 6.46. The van der Waals surface area contributed by atoms with Gasteiger partial charge in [0, 0.05) is 26.3 Å². The van der Waals surface area contributed by atoms with Gasteiger partial charge in [0.25, 0.3) is 0 Å². The average Bonchev–Trinajstić information content (AvgIpc) is 2.58. The van der Waals surface area contributed by atoms with Crippen LogP contribution in [0.1, 0.15) is 33.6 Å². The van der Waals surface area contributed by atoms with E-state index in [1.165, 1.54) is 12.8 Å². The zero-order chi connectivity index (χ0) is 11.1. The Morgan fingerprint density at radius 1 is 1.47 bits per heavy atom. The molecular weight excluding hydrogens is 190 g/mol. The lowest BCUT2D eigenvalue weighted by Crippen LogP contribution is -2.38.